The number of carbonyl (C=O) groups excluding carboxylic acids is 1. The number of aliphatic carboxylic acids is 1. The summed E-state index contributed by atoms with van der Waals surface area (Å²) in [4.78, 5) is 37.1. The minimum Gasteiger partial charge on any atom is -0.497 e. The first-order valence-corrected chi connectivity index (χ1v) is 8.81. The fourth-order valence-electron chi connectivity index (χ4n) is 3.14. The number of methoxy groups -OCH3 is 1. The van der Waals surface area contributed by atoms with Crippen molar-refractivity contribution in [2.24, 2.45) is 5.92 Å². The Hall–Kier alpha value is -3.23. The molecule has 0 aliphatic carbocycles. The number of carbonyl (C=O) groups is 2. The molecule has 1 aliphatic heterocycles. The van der Waals surface area contributed by atoms with Crippen LogP contribution in [0.4, 0.5) is 4.39 Å². The average molecular weight is 389 g/mol. The van der Waals surface area contributed by atoms with Crippen LogP contribution in [0.15, 0.2) is 35.1 Å². The fraction of sp³-hybridized carbons (Fsp3) is 0.368. The molecule has 1 aromatic heterocycles. The van der Waals surface area contributed by atoms with E-state index in [4.69, 9.17) is 9.84 Å². The molecule has 1 N–H and O–H groups in total. The number of carboxylic acids is 1. The van der Waals surface area contributed by atoms with Crippen molar-refractivity contribution in [1.29, 1.82) is 0 Å². The van der Waals surface area contributed by atoms with Gasteiger partial charge in [-0.3, -0.25) is 14.4 Å². The van der Waals surface area contributed by atoms with Crippen molar-refractivity contribution in [3.05, 3.63) is 46.5 Å². The van der Waals surface area contributed by atoms with Crippen LogP contribution in [0.1, 0.15) is 12.8 Å². The third kappa shape index (κ3) is 4.19. The van der Waals surface area contributed by atoms with Crippen molar-refractivity contribution in [3.8, 4) is 17.0 Å². The zero-order valence-electron chi connectivity index (χ0n) is 15.3. The highest BCUT2D eigenvalue weighted by molar-refractivity contribution is 5.77. The molecule has 2 heterocycles. The number of likely N-dealkylation sites (tertiary alicyclic amines) is 1. The number of ether oxygens (including phenoxy) is 1. The molecular weight excluding hydrogens is 369 g/mol. The van der Waals surface area contributed by atoms with Gasteiger partial charge in [0.1, 0.15) is 18.1 Å². The molecule has 0 spiro atoms. The maximum atomic E-state index is 14.3. The van der Waals surface area contributed by atoms with Crippen LogP contribution in [0.2, 0.25) is 0 Å². The van der Waals surface area contributed by atoms with Gasteiger partial charge in [0, 0.05) is 30.8 Å². The molecule has 0 unspecified atom stereocenters. The molecule has 148 valence electrons. The minimum absolute atomic E-state index is 0.185. The van der Waals surface area contributed by atoms with Gasteiger partial charge in [0.05, 0.1) is 18.7 Å². The lowest BCUT2D eigenvalue weighted by molar-refractivity contribution is -0.145. The molecule has 1 saturated heterocycles. The number of amides is 1. The maximum Gasteiger partial charge on any atom is 0.306 e. The van der Waals surface area contributed by atoms with E-state index in [1.165, 1.54) is 36.3 Å². The number of nitrogens with zero attached hydrogens (tertiary/aromatic N) is 3. The molecule has 1 amide bonds. The Morgan fingerprint density at radius 1 is 1.25 bits per heavy atom. The monoisotopic (exact) mass is 389 g/mol. The van der Waals surface area contributed by atoms with E-state index in [-0.39, 0.29) is 23.7 Å². The SMILES string of the molecule is COc1ccc(-c2ccc(=O)n(CC(=O)N3CCC(C(=O)O)CC3)n2)c(F)c1. The summed E-state index contributed by atoms with van der Waals surface area (Å²) in [6, 6.07) is 6.91. The maximum absolute atomic E-state index is 14.3. The van der Waals surface area contributed by atoms with Crippen molar-refractivity contribution < 1.29 is 23.8 Å². The summed E-state index contributed by atoms with van der Waals surface area (Å²) >= 11 is 0. The van der Waals surface area contributed by atoms with Crippen LogP contribution < -0.4 is 10.3 Å². The summed E-state index contributed by atoms with van der Waals surface area (Å²) in [6.07, 6.45) is 0.751. The molecule has 3 rings (SSSR count). The third-order valence-corrected chi connectivity index (χ3v) is 4.80. The van der Waals surface area contributed by atoms with E-state index in [1.54, 1.807) is 6.07 Å². The van der Waals surface area contributed by atoms with Gasteiger partial charge in [-0.2, -0.15) is 5.10 Å². The smallest absolute Gasteiger partial charge is 0.306 e. The van der Waals surface area contributed by atoms with E-state index in [0.717, 1.165) is 4.68 Å². The molecule has 0 radical (unpaired) electrons. The number of aromatic nitrogens is 2. The van der Waals surface area contributed by atoms with Crippen LogP contribution in [-0.2, 0) is 16.1 Å². The Morgan fingerprint density at radius 3 is 2.57 bits per heavy atom. The van der Waals surface area contributed by atoms with Gasteiger partial charge in [-0.1, -0.05) is 0 Å². The molecule has 0 saturated carbocycles. The molecular formula is C19H20FN3O5. The molecule has 2 aromatic rings. The Kier molecular flexibility index (Phi) is 5.72. The largest absolute Gasteiger partial charge is 0.497 e. The third-order valence-electron chi connectivity index (χ3n) is 4.80. The average Bonchev–Trinajstić information content (AvgIpc) is 2.69. The van der Waals surface area contributed by atoms with Crippen LogP contribution in [0.3, 0.4) is 0 Å². The number of benzene rings is 1. The highest BCUT2D eigenvalue weighted by Gasteiger charge is 2.27. The van der Waals surface area contributed by atoms with E-state index in [0.29, 0.717) is 31.7 Å². The Labute approximate surface area is 160 Å². The van der Waals surface area contributed by atoms with E-state index in [9.17, 15) is 18.8 Å². The molecule has 1 fully saturated rings. The van der Waals surface area contributed by atoms with Crippen LogP contribution in [-0.4, -0.2) is 51.9 Å². The quantitative estimate of drug-likeness (QED) is 0.829. The summed E-state index contributed by atoms with van der Waals surface area (Å²) in [5.41, 5.74) is -0.0761. The lowest BCUT2D eigenvalue weighted by Crippen LogP contribution is -2.43. The summed E-state index contributed by atoms with van der Waals surface area (Å²) < 4.78 is 20.2. The van der Waals surface area contributed by atoms with Crippen molar-refractivity contribution in [1.82, 2.24) is 14.7 Å². The second-order valence-corrected chi connectivity index (χ2v) is 6.55. The van der Waals surface area contributed by atoms with Crippen molar-refractivity contribution in [3.63, 3.8) is 0 Å². The first-order chi connectivity index (χ1) is 13.4. The van der Waals surface area contributed by atoms with Gasteiger partial charge < -0.3 is 14.7 Å². The number of hydrogen-bond donors (Lipinski definition) is 1. The number of piperidine rings is 1. The standard InChI is InChI=1S/C19H20FN3O5/c1-28-13-2-3-14(15(20)10-13)16-4-5-17(24)23(21-16)11-18(25)22-8-6-12(7-9-22)19(26)27/h2-5,10,12H,6-9,11H2,1H3,(H,26,27). The number of carboxylic acid groups (broad SMARTS) is 1. The van der Waals surface area contributed by atoms with Gasteiger partial charge >= 0.3 is 5.97 Å². The topological polar surface area (TPSA) is 102 Å². The first kappa shape index (κ1) is 19.5. The van der Waals surface area contributed by atoms with Crippen molar-refractivity contribution in [2.45, 2.75) is 19.4 Å². The second-order valence-electron chi connectivity index (χ2n) is 6.55. The Balaban J connectivity index is 1.76. The van der Waals surface area contributed by atoms with Crippen molar-refractivity contribution >= 4 is 11.9 Å². The zero-order valence-corrected chi connectivity index (χ0v) is 15.3. The van der Waals surface area contributed by atoms with Gasteiger partial charge in [0.25, 0.3) is 5.56 Å². The van der Waals surface area contributed by atoms with E-state index < -0.39 is 23.3 Å². The molecule has 1 aliphatic rings. The van der Waals surface area contributed by atoms with Gasteiger partial charge in [0.15, 0.2) is 0 Å². The van der Waals surface area contributed by atoms with E-state index >= 15 is 0 Å². The van der Waals surface area contributed by atoms with E-state index in [1.807, 2.05) is 0 Å². The van der Waals surface area contributed by atoms with Gasteiger partial charge in [-0.15, -0.1) is 0 Å². The van der Waals surface area contributed by atoms with Crippen LogP contribution >= 0.6 is 0 Å². The molecule has 9 heteroatoms. The normalized spacial score (nSPS) is 14.7. The van der Waals surface area contributed by atoms with Gasteiger partial charge in [-0.05, 0) is 31.0 Å². The lowest BCUT2D eigenvalue weighted by atomic mass is 9.97. The second kappa shape index (κ2) is 8.20. The predicted octanol–water partition coefficient (Wildman–Crippen LogP) is 1.38. The van der Waals surface area contributed by atoms with Crippen molar-refractivity contribution in [2.75, 3.05) is 20.2 Å². The summed E-state index contributed by atoms with van der Waals surface area (Å²) in [6.45, 7) is 0.344. The molecule has 0 atom stereocenters. The Morgan fingerprint density at radius 2 is 1.96 bits per heavy atom. The zero-order chi connectivity index (χ0) is 20.3. The predicted molar refractivity (Wildman–Crippen MR) is 97.4 cm³/mol. The number of rotatable bonds is 5. The molecule has 8 nitrogen and oxygen atoms in total. The molecule has 28 heavy (non-hydrogen) atoms. The van der Waals surface area contributed by atoms with Crippen LogP contribution in [0.25, 0.3) is 11.3 Å². The minimum atomic E-state index is -0.862. The lowest BCUT2D eigenvalue weighted by Gasteiger charge is -2.30. The van der Waals surface area contributed by atoms with Crippen LogP contribution in [0, 0.1) is 11.7 Å². The highest BCUT2D eigenvalue weighted by atomic mass is 19.1. The van der Waals surface area contributed by atoms with E-state index in [2.05, 4.69) is 5.10 Å². The molecule has 0 bridgehead atoms. The summed E-state index contributed by atoms with van der Waals surface area (Å²) in [5.74, 6) is -1.84. The first-order valence-electron chi connectivity index (χ1n) is 8.81. The summed E-state index contributed by atoms with van der Waals surface area (Å²) in [7, 11) is 1.43. The number of halogens is 1. The Bertz CT molecular complexity index is 951. The highest BCUT2D eigenvalue weighted by Crippen LogP contribution is 2.24. The van der Waals surface area contributed by atoms with Gasteiger partial charge in [-0.25, -0.2) is 9.07 Å². The van der Waals surface area contributed by atoms with Crippen LogP contribution in [0.5, 0.6) is 5.75 Å². The van der Waals surface area contributed by atoms with Gasteiger partial charge in [0.2, 0.25) is 5.91 Å². The number of hydrogen-bond acceptors (Lipinski definition) is 5. The fourth-order valence-corrected chi connectivity index (χ4v) is 3.14. The summed E-state index contributed by atoms with van der Waals surface area (Å²) in [5, 5.41) is 13.2. The molecule has 1 aromatic carbocycles.